The first kappa shape index (κ1) is 20.9. The molecule has 0 fully saturated rings. The smallest absolute Gasteiger partial charge is 0.344 e. The van der Waals surface area contributed by atoms with Crippen molar-refractivity contribution in [1.82, 2.24) is 4.90 Å². The van der Waals surface area contributed by atoms with E-state index >= 15 is 0 Å². The molecule has 28 heavy (non-hydrogen) atoms. The topological polar surface area (TPSA) is 98.9 Å². The summed E-state index contributed by atoms with van der Waals surface area (Å²) in [5.41, 5.74) is 6.00. The van der Waals surface area contributed by atoms with Crippen molar-refractivity contribution in [3.63, 3.8) is 0 Å². The van der Waals surface area contributed by atoms with Gasteiger partial charge in [-0.05, 0) is 36.8 Å². The molecule has 2 amide bonds. The lowest BCUT2D eigenvalue weighted by molar-refractivity contribution is -0.153. The highest BCUT2D eigenvalue weighted by Crippen LogP contribution is 2.17. The van der Waals surface area contributed by atoms with E-state index in [1.807, 2.05) is 0 Å². The van der Waals surface area contributed by atoms with Gasteiger partial charge in [0.1, 0.15) is 11.6 Å². The number of carbonyl (C=O) groups excluding carboxylic acids is 3. The van der Waals surface area contributed by atoms with Crippen molar-refractivity contribution in [1.29, 1.82) is 0 Å². The molecular formula is C20H21FN2O5. The highest BCUT2D eigenvalue weighted by atomic mass is 19.1. The summed E-state index contributed by atoms with van der Waals surface area (Å²) in [7, 11) is 0. The Labute approximate surface area is 161 Å². The number of esters is 1. The number of primary amides is 1. The van der Waals surface area contributed by atoms with Crippen LogP contribution in [0.2, 0.25) is 0 Å². The van der Waals surface area contributed by atoms with Gasteiger partial charge in [0.2, 0.25) is 0 Å². The minimum absolute atomic E-state index is 0.138. The SMILES string of the molecule is CCN(Cc1cccc(F)c1)C(=O)COC(=O)COc1ccccc1C(N)=O. The zero-order chi connectivity index (χ0) is 20.5. The zero-order valence-corrected chi connectivity index (χ0v) is 15.4. The summed E-state index contributed by atoms with van der Waals surface area (Å²) in [6, 6.07) is 12.1. The van der Waals surface area contributed by atoms with Crippen molar-refractivity contribution >= 4 is 17.8 Å². The first-order valence-corrected chi connectivity index (χ1v) is 8.60. The van der Waals surface area contributed by atoms with E-state index in [2.05, 4.69) is 0 Å². The first-order chi connectivity index (χ1) is 13.4. The molecule has 2 aromatic carbocycles. The van der Waals surface area contributed by atoms with Gasteiger partial charge in [0.15, 0.2) is 13.2 Å². The Morgan fingerprint density at radius 1 is 1.07 bits per heavy atom. The Morgan fingerprint density at radius 3 is 2.50 bits per heavy atom. The molecular weight excluding hydrogens is 367 g/mol. The third-order valence-corrected chi connectivity index (χ3v) is 3.85. The molecule has 2 aromatic rings. The molecule has 0 atom stereocenters. The number of hydrogen-bond donors (Lipinski definition) is 1. The van der Waals surface area contributed by atoms with E-state index in [1.54, 1.807) is 31.2 Å². The van der Waals surface area contributed by atoms with Crippen LogP contribution in [0.5, 0.6) is 5.75 Å². The molecule has 0 radical (unpaired) electrons. The number of halogens is 1. The van der Waals surface area contributed by atoms with Crippen LogP contribution in [0, 0.1) is 5.82 Å². The van der Waals surface area contributed by atoms with E-state index < -0.39 is 31.0 Å². The van der Waals surface area contributed by atoms with Gasteiger partial charge in [0.05, 0.1) is 5.56 Å². The van der Waals surface area contributed by atoms with Gasteiger partial charge in [-0.25, -0.2) is 9.18 Å². The molecule has 0 unspecified atom stereocenters. The maximum absolute atomic E-state index is 13.3. The summed E-state index contributed by atoms with van der Waals surface area (Å²) in [5.74, 6) is -2.11. The number of rotatable bonds is 9. The number of amides is 2. The van der Waals surface area contributed by atoms with Gasteiger partial charge in [-0.15, -0.1) is 0 Å². The van der Waals surface area contributed by atoms with Crippen molar-refractivity contribution < 1.29 is 28.2 Å². The van der Waals surface area contributed by atoms with Gasteiger partial charge in [0, 0.05) is 13.1 Å². The van der Waals surface area contributed by atoms with E-state index in [0.29, 0.717) is 12.1 Å². The third-order valence-electron chi connectivity index (χ3n) is 3.85. The quantitative estimate of drug-likeness (QED) is 0.662. The average Bonchev–Trinajstić information content (AvgIpc) is 2.68. The number of nitrogens with two attached hydrogens (primary N) is 1. The van der Waals surface area contributed by atoms with Crippen LogP contribution in [0.3, 0.4) is 0 Å². The van der Waals surface area contributed by atoms with Crippen LogP contribution >= 0.6 is 0 Å². The summed E-state index contributed by atoms with van der Waals surface area (Å²) >= 11 is 0. The maximum Gasteiger partial charge on any atom is 0.344 e. The number of carbonyl (C=O) groups is 3. The molecule has 0 saturated carbocycles. The third kappa shape index (κ3) is 6.08. The van der Waals surface area contributed by atoms with E-state index in [4.69, 9.17) is 15.2 Å². The summed E-state index contributed by atoms with van der Waals surface area (Å²) in [6.07, 6.45) is 0. The number of para-hydroxylation sites is 1. The monoisotopic (exact) mass is 388 g/mol. The number of hydrogen-bond acceptors (Lipinski definition) is 5. The standard InChI is InChI=1S/C20H21FN2O5/c1-2-23(11-14-6-5-7-15(21)10-14)18(24)12-28-19(25)13-27-17-9-4-3-8-16(17)20(22)26/h3-10H,2,11-13H2,1H3,(H2,22,26). The van der Waals surface area contributed by atoms with Gasteiger partial charge in [0.25, 0.3) is 11.8 Å². The van der Waals surface area contributed by atoms with Gasteiger partial charge in [-0.2, -0.15) is 0 Å². The summed E-state index contributed by atoms with van der Waals surface area (Å²) in [6.45, 7) is 1.39. The molecule has 2 N–H and O–H groups in total. The Hall–Kier alpha value is -3.42. The van der Waals surface area contributed by atoms with Crippen molar-refractivity contribution in [2.75, 3.05) is 19.8 Å². The molecule has 148 valence electrons. The fourth-order valence-corrected chi connectivity index (χ4v) is 2.44. The Kier molecular flexibility index (Phi) is 7.50. The predicted octanol–water partition coefficient (Wildman–Crippen LogP) is 1.90. The van der Waals surface area contributed by atoms with Gasteiger partial charge in [-0.3, -0.25) is 9.59 Å². The summed E-state index contributed by atoms with van der Waals surface area (Å²) in [4.78, 5) is 36.8. The van der Waals surface area contributed by atoms with Gasteiger partial charge >= 0.3 is 5.97 Å². The van der Waals surface area contributed by atoms with Crippen molar-refractivity contribution in [3.05, 3.63) is 65.5 Å². The molecule has 0 saturated heterocycles. The number of ether oxygens (including phenoxy) is 2. The number of nitrogens with zero attached hydrogens (tertiary/aromatic N) is 1. The van der Waals surface area contributed by atoms with E-state index in [1.165, 1.54) is 29.2 Å². The van der Waals surface area contributed by atoms with Gasteiger partial charge in [-0.1, -0.05) is 24.3 Å². The number of benzene rings is 2. The molecule has 0 aliphatic heterocycles. The summed E-state index contributed by atoms with van der Waals surface area (Å²) in [5, 5.41) is 0. The zero-order valence-electron chi connectivity index (χ0n) is 15.4. The van der Waals surface area contributed by atoms with Crippen molar-refractivity contribution in [2.24, 2.45) is 5.73 Å². The van der Waals surface area contributed by atoms with Crippen LogP contribution in [0.15, 0.2) is 48.5 Å². The van der Waals surface area contributed by atoms with Crippen LogP contribution in [-0.2, 0) is 20.9 Å². The van der Waals surface area contributed by atoms with Crippen LogP contribution in [-0.4, -0.2) is 42.4 Å². The predicted molar refractivity (Wildman–Crippen MR) is 98.9 cm³/mol. The normalized spacial score (nSPS) is 10.2. The molecule has 8 heteroatoms. The molecule has 0 aliphatic carbocycles. The van der Waals surface area contributed by atoms with Crippen molar-refractivity contribution in [3.8, 4) is 5.75 Å². The Morgan fingerprint density at radius 2 is 1.82 bits per heavy atom. The van der Waals surface area contributed by atoms with Crippen LogP contribution < -0.4 is 10.5 Å². The molecule has 0 aliphatic rings. The second-order valence-corrected chi connectivity index (χ2v) is 5.85. The Balaban J connectivity index is 1.84. The second-order valence-electron chi connectivity index (χ2n) is 5.85. The largest absolute Gasteiger partial charge is 0.481 e. The van der Waals surface area contributed by atoms with E-state index in [0.717, 1.165) is 0 Å². The maximum atomic E-state index is 13.3. The van der Waals surface area contributed by atoms with Crippen molar-refractivity contribution in [2.45, 2.75) is 13.5 Å². The molecule has 2 rings (SSSR count). The second kappa shape index (κ2) is 10.1. The van der Waals surface area contributed by atoms with E-state index in [9.17, 15) is 18.8 Å². The fraction of sp³-hybridized carbons (Fsp3) is 0.250. The average molecular weight is 388 g/mol. The molecule has 7 nitrogen and oxygen atoms in total. The molecule has 0 aromatic heterocycles. The minimum Gasteiger partial charge on any atom is -0.481 e. The molecule has 0 spiro atoms. The van der Waals surface area contributed by atoms with Gasteiger partial charge < -0.3 is 20.1 Å². The lowest BCUT2D eigenvalue weighted by atomic mass is 10.2. The summed E-state index contributed by atoms with van der Waals surface area (Å²) < 4.78 is 23.4. The van der Waals surface area contributed by atoms with E-state index in [-0.39, 0.29) is 23.7 Å². The number of likely N-dealkylation sites (N-methyl/N-ethyl adjacent to an activating group) is 1. The minimum atomic E-state index is -0.769. The molecule has 0 bridgehead atoms. The highest BCUT2D eigenvalue weighted by molar-refractivity contribution is 5.95. The Bertz CT molecular complexity index is 856. The van der Waals surface area contributed by atoms with Crippen LogP contribution in [0.4, 0.5) is 4.39 Å². The molecule has 0 heterocycles. The fourth-order valence-electron chi connectivity index (χ4n) is 2.44. The van der Waals surface area contributed by atoms with Crippen LogP contribution in [0.1, 0.15) is 22.8 Å². The highest BCUT2D eigenvalue weighted by Gasteiger charge is 2.16. The van der Waals surface area contributed by atoms with Crippen LogP contribution in [0.25, 0.3) is 0 Å². The first-order valence-electron chi connectivity index (χ1n) is 8.60. The lowest BCUT2D eigenvalue weighted by Gasteiger charge is -2.21. The lowest BCUT2D eigenvalue weighted by Crippen LogP contribution is -2.34.